The molecule has 1 aromatic carbocycles. The Morgan fingerprint density at radius 2 is 2.00 bits per heavy atom. The predicted octanol–water partition coefficient (Wildman–Crippen LogP) is 2.97. The number of methoxy groups -OCH3 is 2. The minimum Gasteiger partial charge on any atom is -0.499 e. The van der Waals surface area contributed by atoms with Gasteiger partial charge in [0, 0.05) is 10.9 Å². The third kappa shape index (κ3) is 3.81. The molecule has 2 rings (SSSR count). The third-order valence-electron chi connectivity index (χ3n) is 3.09. The molecule has 0 saturated heterocycles. The first kappa shape index (κ1) is 17.2. The van der Waals surface area contributed by atoms with Crippen molar-refractivity contribution >= 4 is 31.7 Å². The number of benzene rings is 1. The van der Waals surface area contributed by atoms with Crippen molar-refractivity contribution < 1.29 is 17.9 Å². The van der Waals surface area contributed by atoms with E-state index < -0.39 is 10.0 Å². The van der Waals surface area contributed by atoms with E-state index in [0.29, 0.717) is 15.8 Å². The van der Waals surface area contributed by atoms with Crippen LogP contribution in [0.5, 0.6) is 5.75 Å². The van der Waals surface area contributed by atoms with Crippen molar-refractivity contribution in [3.63, 3.8) is 0 Å². The minimum absolute atomic E-state index is 0.0377. The maximum absolute atomic E-state index is 12.5. The highest BCUT2D eigenvalue weighted by Crippen LogP contribution is 2.29. The number of ether oxygens (including phenoxy) is 2. The average Bonchev–Trinajstić information content (AvgIpc) is 2.54. The Hall–Kier alpha value is -2.11. The summed E-state index contributed by atoms with van der Waals surface area (Å²) >= 11 is 3.24. The SMILES string of the molecule is COC1=C(C#N)C=CC(=NS(=O)(=O)c2cc(Br)ccc2OC)C1. The molecule has 0 bridgehead atoms. The van der Waals surface area contributed by atoms with Gasteiger partial charge in [0.2, 0.25) is 0 Å². The van der Waals surface area contributed by atoms with Crippen molar-refractivity contribution in [3.8, 4) is 11.8 Å². The topological polar surface area (TPSA) is 88.8 Å². The zero-order valence-corrected chi connectivity index (χ0v) is 14.8. The molecule has 0 unspecified atom stereocenters. The smallest absolute Gasteiger partial charge is 0.286 e. The number of hydrogen-bond acceptors (Lipinski definition) is 5. The van der Waals surface area contributed by atoms with Crippen molar-refractivity contribution in [2.45, 2.75) is 11.3 Å². The molecular weight excluding hydrogens is 384 g/mol. The molecule has 1 aliphatic carbocycles. The first-order chi connectivity index (χ1) is 10.9. The summed E-state index contributed by atoms with van der Waals surface area (Å²) in [6.07, 6.45) is 3.10. The highest BCUT2D eigenvalue weighted by Gasteiger charge is 2.22. The molecule has 1 aromatic rings. The molecule has 0 aliphatic heterocycles. The highest BCUT2D eigenvalue weighted by molar-refractivity contribution is 9.10. The molecule has 0 fully saturated rings. The number of rotatable bonds is 4. The van der Waals surface area contributed by atoms with E-state index in [0.717, 1.165) is 0 Å². The summed E-state index contributed by atoms with van der Waals surface area (Å²) in [6, 6.07) is 6.63. The van der Waals surface area contributed by atoms with Gasteiger partial charge in [0.25, 0.3) is 10.0 Å². The van der Waals surface area contributed by atoms with Crippen LogP contribution in [0.15, 0.2) is 55.4 Å². The monoisotopic (exact) mass is 396 g/mol. The van der Waals surface area contributed by atoms with Crippen LogP contribution >= 0.6 is 15.9 Å². The van der Waals surface area contributed by atoms with Gasteiger partial charge in [-0.25, -0.2) is 0 Å². The second kappa shape index (κ2) is 6.98. The number of allylic oxidation sites excluding steroid dienone is 4. The quantitative estimate of drug-likeness (QED) is 0.780. The molecule has 8 heteroatoms. The van der Waals surface area contributed by atoms with Gasteiger partial charge >= 0.3 is 0 Å². The van der Waals surface area contributed by atoms with E-state index in [4.69, 9.17) is 14.7 Å². The summed E-state index contributed by atoms with van der Waals surface area (Å²) in [6.45, 7) is 0. The number of nitrogens with zero attached hydrogens (tertiary/aromatic N) is 2. The lowest BCUT2D eigenvalue weighted by molar-refractivity contribution is 0.285. The second-order valence-electron chi connectivity index (χ2n) is 4.52. The second-order valence-corrected chi connectivity index (χ2v) is 7.00. The van der Waals surface area contributed by atoms with Gasteiger partial charge in [-0.05, 0) is 30.4 Å². The summed E-state index contributed by atoms with van der Waals surface area (Å²) in [7, 11) is -1.14. The number of sulfonamides is 1. The number of halogens is 1. The fourth-order valence-electron chi connectivity index (χ4n) is 1.99. The van der Waals surface area contributed by atoms with E-state index in [2.05, 4.69) is 20.3 Å². The van der Waals surface area contributed by atoms with E-state index in [1.807, 2.05) is 6.07 Å². The van der Waals surface area contributed by atoms with Gasteiger partial charge in [-0.15, -0.1) is 0 Å². The Morgan fingerprint density at radius 3 is 2.61 bits per heavy atom. The summed E-state index contributed by atoms with van der Waals surface area (Å²) < 4.78 is 39.7. The van der Waals surface area contributed by atoms with Crippen molar-refractivity contribution in [1.29, 1.82) is 5.26 Å². The molecule has 0 saturated carbocycles. The maximum Gasteiger partial charge on any atom is 0.286 e. The van der Waals surface area contributed by atoms with Crippen LogP contribution in [0.3, 0.4) is 0 Å². The van der Waals surface area contributed by atoms with Gasteiger partial charge in [0.05, 0.1) is 25.5 Å². The largest absolute Gasteiger partial charge is 0.499 e. The summed E-state index contributed by atoms with van der Waals surface area (Å²) in [5, 5.41) is 8.97. The first-order valence-corrected chi connectivity index (χ1v) is 8.67. The lowest BCUT2D eigenvalue weighted by Gasteiger charge is -2.12. The molecule has 0 N–H and O–H groups in total. The summed E-state index contributed by atoms with van der Waals surface area (Å²) in [5.41, 5.74) is 0.631. The Balaban J connectivity index is 2.44. The van der Waals surface area contributed by atoms with Crippen LogP contribution < -0.4 is 4.74 Å². The minimum atomic E-state index is -3.96. The van der Waals surface area contributed by atoms with Gasteiger partial charge in [-0.1, -0.05) is 15.9 Å². The Bertz CT molecular complexity index is 864. The van der Waals surface area contributed by atoms with E-state index in [9.17, 15) is 8.42 Å². The molecule has 0 spiro atoms. The Labute approximate surface area is 142 Å². The van der Waals surface area contributed by atoms with Crippen molar-refractivity contribution in [2.75, 3.05) is 14.2 Å². The fraction of sp³-hybridized carbons (Fsp3) is 0.200. The zero-order chi connectivity index (χ0) is 17.0. The molecule has 120 valence electrons. The summed E-state index contributed by atoms with van der Waals surface area (Å²) in [5.74, 6) is 0.586. The number of nitriles is 1. The van der Waals surface area contributed by atoms with Crippen molar-refractivity contribution in [1.82, 2.24) is 0 Å². The first-order valence-electron chi connectivity index (χ1n) is 6.44. The van der Waals surface area contributed by atoms with Crippen molar-refractivity contribution in [3.05, 3.63) is 46.2 Å². The van der Waals surface area contributed by atoms with Gasteiger partial charge in [0.1, 0.15) is 22.5 Å². The standard InChI is InChI=1S/C15H13BrN2O4S/c1-21-13-6-4-11(16)7-15(13)23(19,20)18-12-5-3-10(9-17)14(8-12)22-2/h3-7H,8H2,1-2H3. The van der Waals surface area contributed by atoms with Crippen LogP contribution in [-0.4, -0.2) is 28.3 Å². The number of hydrogen-bond donors (Lipinski definition) is 0. The highest BCUT2D eigenvalue weighted by atomic mass is 79.9. The van der Waals surface area contributed by atoms with Crippen LogP contribution in [-0.2, 0) is 14.8 Å². The van der Waals surface area contributed by atoms with E-state index >= 15 is 0 Å². The van der Waals surface area contributed by atoms with Crippen LogP contribution in [0.25, 0.3) is 0 Å². The van der Waals surface area contributed by atoms with E-state index in [1.165, 1.54) is 32.4 Å². The third-order valence-corrected chi connectivity index (χ3v) is 4.94. The van der Waals surface area contributed by atoms with E-state index in [-0.39, 0.29) is 22.8 Å². The van der Waals surface area contributed by atoms with Crippen LogP contribution in [0.1, 0.15) is 6.42 Å². The fourth-order valence-corrected chi connectivity index (χ4v) is 3.72. The molecule has 6 nitrogen and oxygen atoms in total. The van der Waals surface area contributed by atoms with Gasteiger partial charge in [-0.3, -0.25) is 0 Å². The summed E-state index contributed by atoms with van der Waals surface area (Å²) in [4.78, 5) is -0.0377. The maximum atomic E-state index is 12.5. The zero-order valence-electron chi connectivity index (χ0n) is 12.4. The molecule has 0 heterocycles. The molecule has 23 heavy (non-hydrogen) atoms. The molecule has 0 amide bonds. The normalized spacial score (nSPS) is 16.3. The van der Waals surface area contributed by atoms with E-state index in [1.54, 1.807) is 12.1 Å². The van der Waals surface area contributed by atoms with Gasteiger partial charge in [0.15, 0.2) is 0 Å². The van der Waals surface area contributed by atoms with Gasteiger partial charge < -0.3 is 9.47 Å². The van der Waals surface area contributed by atoms with Crippen LogP contribution in [0.4, 0.5) is 0 Å². The molecule has 0 aromatic heterocycles. The van der Waals surface area contributed by atoms with Gasteiger partial charge in [-0.2, -0.15) is 18.1 Å². The van der Waals surface area contributed by atoms with Crippen molar-refractivity contribution in [2.24, 2.45) is 4.40 Å². The lowest BCUT2D eigenvalue weighted by atomic mass is 10.0. The molecule has 1 aliphatic rings. The Morgan fingerprint density at radius 1 is 1.26 bits per heavy atom. The molecule has 0 atom stereocenters. The molecule has 0 radical (unpaired) electrons. The molecular formula is C15H13BrN2O4S. The predicted molar refractivity (Wildman–Crippen MR) is 88.7 cm³/mol. The lowest BCUT2D eigenvalue weighted by Crippen LogP contribution is -2.09. The van der Waals surface area contributed by atoms with Crippen LogP contribution in [0, 0.1) is 11.3 Å². The Kier molecular flexibility index (Phi) is 5.23. The van der Waals surface area contributed by atoms with Crippen LogP contribution in [0.2, 0.25) is 0 Å². The average molecular weight is 397 g/mol.